The molecule has 0 radical (unpaired) electrons. The summed E-state index contributed by atoms with van der Waals surface area (Å²) in [6.45, 7) is 0. The smallest absolute Gasteiger partial charge is 0.340 e. The summed E-state index contributed by atoms with van der Waals surface area (Å²) in [5.74, 6) is -1.94. The minimum Gasteiger partial charge on any atom is -0.433 e. The lowest BCUT2D eigenvalue weighted by atomic mass is 10.1. The Bertz CT molecular complexity index is 964. The lowest BCUT2D eigenvalue weighted by Crippen LogP contribution is -2.44. The summed E-state index contributed by atoms with van der Waals surface area (Å²) < 4.78 is 19.9. The Morgan fingerprint density at radius 2 is 2.00 bits per heavy atom. The van der Waals surface area contributed by atoms with Crippen LogP contribution in [0.25, 0.3) is 0 Å². The van der Waals surface area contributed by atoms with E-state index in [1.807, 2.05) is 0 Å². The van der Waals surface area contributed by atoms with Crippen molar-refractivity contribution in [3.05, 3.63) is 63.9 Å². The number of amides is 2. The van der Waals surface area contributed by atoms with Gasteiger partial charge >= 0.3 is 5.97 Å². The van der Waals surface area contributed by atoms with Crippen LogP contribution in [0.4, 0.5) is 10.1 Å². The highest BCUT2D eigenvalue weighted by Gasteiger charge is 2.46. The van der Waals surface area contributed by atoms with E-state index in [-0.39, 0.29) is 24.4 Å². The first-order valence-corrected chi connectivity index (χ1v) is 9.12. The largest absolute Gasteiger partial charge is 0.433 e. The van der Waals surface area contributed by atoms with Crippen LogP contribution in [-0.4, -0.2) is 28.7 Å². The summed E-state index contributed by atoms with van der Waals surface area (Å²) in [6, 6.07) is 10.2. The molecule has 8 heteroatoms. The molecule has 2 aliphatic heterocycles. The normalized spacial score (nSPS) is 21.2. The van der Waals surface area contributed by atoms with Crippen molar-refractivity contribution in [3.63, 3.8) is 0 Å². The van der Waals surface area contributed by atoms with Crippen LogP contribution in [0.2, 0.25) is 0 Å². The molecule has 2 aliphatic rings. The molecule has 2 aromatic rings. The van der Waals surface area contributed by atoms with Crippen LogP contribution < -0.4 is 5.32 Å². The second-order valence-corrected chi connectivity index (χ2v) is 7.23. The molecule has 2 atom stereocenters. The Balaban J connectivity index is 1.60. The summed E-state index contributed by atoms with van der Waals surface area (Å²) in [6.07, 6.45) is -0.537. The molecule has 27 heavy (non-hydrogen) atoms. The van der Waals surface area contributed by atoms with Gasteiger partial charge in [-0.15, -0.1) is 0 Å². The van der Waals surface area contributed by atoms with Gasteiger partial charge in [0, 0.05) is 16.5 Å². The maximum atomic E-state index is 14.0. The third kappa shape index (κ3) is 3.10. The third-order valence-corrected chi connectivity index (χ3v) is 5.16. The standard InChI is InChI=1S/C19H14BrFN2O4/c20-10-5-6-14(13(21)9-10)22-17(25)15-7-8-16(24)23(15)18-11-3-1-2-4-12(11)19(26)27-18/h1-6,9,15,18H,7-8H2,(H,22,25)/t15-,18+/m0/s1. The Morgan fingerprint density at radius 3 is 2.78 bits per heavy atom. The van der Waals surface area contributed by atoms with Gasteiger partial charge in [-0.2, -0.15) is 0 Å². The Kier molecular flexibility index (Phi) is 4.43. The van der Waals surface area contributed by atoms with Gasteiger partial charge in [-0.3, -0.25) is 14.5 Å². The highest BCUT2D eigenvalue weighted by Crippen LogP contribution is 2.38. The number of fused-ring (bicyclic) bond motifs is 1. The van der Waals surface area contributed by atoms with Crippen molar-refractivity contribution in [1.29, 1.82) is 0 Å². The van der Waals surface area contributed by atoms with Crippen molar-refractivity contribution in [2.45, 2.75) is 25.1 Å². The maximum absolute atomic E-state index is 14.0. The quantitative estimate of drug-likeness (QED) is 0.754. The first-order valence-electron chi connectivity index (χ1n) is 8.32. The van der Waals surface area contributed by atoms with Crippen LogP contribution in [0.5, 0.6) is 0 Å². The van der Waals surface area contributed by atoms with E-state index in [2.05, 4.69) is 21.2 Å². The van der Waals surface area contributed by atoms with Gasteiger partial charge in [0.05, 0.1) is 11.3 Å². The lowest BCUT2D eigenvalue weighted by Gasteiger charge is -2.29. The van der Waals surface area contributed by atoms with Gasteiger partial charge in [-0.05, 0) is 30.7 Å². The number of halogens is 2. The number of ether oxygens (including phenoxy) is 1. The minimum atomic E-state index is -0.950. The number of benzene rings is 2. The fourth-order valence-electron chi connectivity index (χ4n) is 3.39. The second-order valence-electron chi connectivity index (χ2n) is 6.31. The molecule has 2 amide bonds. The van der Waals surface area contributed by atoms with Crippen molar-refractivity contribution in [2.24, 2.45) is 0 Å². The molecule has 1 fully saturated rings. The summed E-state index contributed by atoms with van der Waals surface area (Å²) in [7, 11) is 0. The molecule has 1 N–H and O–H groups in total. The molecule has 0 bridgehead atoms. The SMILES string of the molecule is O=C1O[C@@H](N2C(=O)CC[C@H]2C(=O)Nc2ccc(Br)cc2F)c2ccccc21. The number of carbonyl (C=O) groups excluding carboxylic acids is 3. The molecule has 4 rings (SSSR count). The Morgan fingerprint density at radius 1 is 1.22 bits per heavy atom. The van der Waals surface area contributed by atoms with E-state index >= 15 is 0 Å². The van der Waals surface area contributed by atoms with Crippen molar-refractivity contribution >= 4 is 39.4 Å². The molecule has 0 spiro atoms. The van der Waals surface area contributed by atoms with Crippen LogP contribution in [0.15, 0.2) is 46.9 Å². The molecule has 2 aromatic carbocycles. The van der Waals surface area contributed by atoms with Crippen molar-refractivity contribution < 1.29 is 23.5 Å². The summed E-state index contributed by atoms with van der Waals surface area (Å²) >= 11 is 3.16. The summed E-state index contributed by atoms with van der Waals surface area (Å²) in [5.41, 5.74) is 0.942. The van der Waals surface area contributed by atoms with Crippen molar-refractivity contribution in [1.82, 2.24) is 4.90 Å². The third-order valence-electron chi connectivity index (χ3n) is 4.67. The molecule has 1 saturated heterocycles. The fourth-order valence-corrected chi connectivity index (χ4v) is 3.73. The number of anilines is 1. The topological polar surface area (TPSA) is 75.7 Å². The number of carbonyl (C=O) groups is 3. The number of hydrogen-bond donors (Lipinski definition) is 1. The highest BCUT2D eigenvalue weighted by atomic mass is 79.9. The van der Waals surface area contributed by atoms with E-state index in [0.29, 0.717) is 15.6 Å². The lowest BCUT2D eigenvalue weighted by molar-refractivity contribution is -0.144. The van der Waals surface area contributed by atoms with Crippen LogP contribution in [0, 0.1) is 5.82 Å². The molecule has 0 unspecified atom stereocenters. The molecular formula is C19H14BrFN2O4. The van der Waals surface area contributed by atoms with Crippen LogP contribution in [-0.2, 0) is 14.3 Å². The molecular weight excluding hydrogens is 419 g/mol. The first-order chi connectivity index (χ1) is 13.0. The molecule has 0 aromatic heterocycles. The van der Waals surface area contributed by atoms with Crippen molar-refractivity contribution in [3.8, 4) is 0 Å². The van der Waals surface area contributed by atoms with Gasteiger partial charge in [0.2, 0.25) is 18.0 Å². The zero-order valence-corrected chi connectivity index (χ0v) is 15.5. The summed E-state index contributed by atoms with van der Waals surface area (Å²) in [4.78, 5) is 38.5. The van der Waals surface area contributed by atoms with E-state index in [1.165, 1.54) is 17.0 Å². The highest BCUT2D eigenvalue weighted by molar-refractivity contribution is 9.10. The van der Waals surface area contributed by atoms with Crippen LogP contribution in [0.3, 0.4) is 0 Å². The van der Waals surface area contributed by atoms with Crippen molar-refractivity contribution in [2.75, 3.05) is 5.32 Å². The van der Waals surface area contributed by atoms with E-state index in [0.717, 1.165) is 0 Å². The molecule has 6 nitrogen and oxygen atoms in total. The molecule has 0 aliphatic carbocycles. The van der Waals surface area contributed by atoms with Gasteiger partial charge in [0.1, 0.15) is 11.9 Å². The Hall–Kier alpha value is -2.74. The van der Waals surface area contributed by atoms with Gasteiger partial charge in [0.15, 0.2) is 0 Å². The van der Waals surface area contributed by atoms with Gasteiger partial charge in [-0.1, -0.05) is 34.1 Å². The maximum Gasteiger partial charge on any atom is 0.340 e. The number of nitrogens with zero attached hydrogens (tertiary/aromatic N) is 1. The number of hydrogen-bond acceptors (Lipinski definition) is 4. The monoisotopic (exact) mass is 432 g/mol. The van der Waals surface area contributed by atoms with Gasteiger partial charge < -0.3 is 10.1 Å². The van der Waals surface area contributed by atoms with Crippen LogP contribution in [0.1, 0.15) is 35.0 Å². The molecule has 2 heterocycles. The zero-order valence-electron chi connectivity index (χ0n) is 13.9. The number of esters is 1. The van der Waals surface area contributed by atoms with Gasteiger partial charge in [-0.25, -0.2) is 9.18 Å². The van der Waals surface area contributed by atoms with E-state index in [9.17, 15) is 18.8 Å². The van der Waals surface area contributed by atoms with E-state index < -0.39 is 30.0 Å². The predicted octanol–water partition coefficient (Wildman–Crippen LogP) is 3.39. The number of nitrogens with one attached hydrogen (secondary N) is 1. The van der Waals surface area contributed by atoms with E-state index in [4.69, 9.17) is 4.74 Å². The Labute approximate surface area is 162 Å². The van der Waals surface area contributed by atoms with Crippen LogP contribution >= 0.6 is 15.9 Å². The number of rotatable bonds is 3. The number of cyclic esters (lactones) is 1. The van der Waals surface area contributed by atoms with Gasteiger partial charge in [0.25, 0.3) is 0 Å². The number of likely N-dealkylation sites (tertiary alicyclic amines) is 1. The molecule has 138 valence electrons. The predicted molar refractivity (Wildman–Crippen MR) is 97.2 cm³/mol. The summed E-state index contributed by atoms with van der Waals surface area (Å²) in [5, 5.41) is 2.52. The average Bonchev–Trinajstić information content (AvgIpc) is 3.18. The zero-order chi connectivity index (χ0) is 19.1. The average molecular weight is 433 g/mol. The first kappa shape index (κ1) is 17.7. The second kappa shape index (κ2) is 6.77. The fraction of sp³-hybridized carbons (Fsp3) is 0.211. The minimum absolute atomic E-state index is 0.0197. The molecule has 0 saturated carbocycles. The van der Waals surface area contributed by atoms with E-state index in [1.54, 1.807) is 30.3 Å².